The predicted octanol–water partition coefficient (Wildman–Crippen LogP) is 3.41. The van der Waals surface area contributed by atoms with Crippen molar-refractivity contribution in [1.29, 1.82) is 0 Å². The molecule has 2 aromatic carbocycles. The van der Waals surface area contributed by atoms with Crippen LogP contribution in [-0.4, -0.2) is 16.8 Å². The van der Waals surface area contributed by atoms with Crippen molar-refractivity contribution in [3.8, 4) is 0 Å². The van der Waals surface area contributed by atoms with Gasteiger partial charge in [-0.05, 0) is 24.3 Å². The molecule has 8 nitrogen and oxygen atoms in total. The molecular weight excluding hydrogens is 594 g/mol. The average Bonchev–Trinajstić information content (AvgIpc) is 2.47. The molecule has 13 heteroatoms. The van der Waals surface area contributed by atoms with Crippen LogP contribution in [0.5, 0.6) is 0 Å². The second-order valence-corrected chi connectivity index (χ2v) is 10.6. The normalized spacial score (nSPS) is 10.9. The Balaban J connectivity index is 0.000000399. The number of hydrogen-bond acceptors (Lipinski definition) is 4. The number of sulfonamides is 2. The van der Waals surface area contributed by atoms with Crippen molar-refractivity contribution in [1.82, 2.24) is 0 Å². The van der Waals surface area contributed by atoms with Crippen LogP contribution in [0.2, 0.25) is 0 Å². The van der Waals surface area contributed by atoms with Crippen LogP contribution in [0.25, 0.3) is 11.5 Å². The van der Waals surface area contributed by atoms with Gasteiger partial charge in [0.2, 0.25) is 20.0 Å². The number of halogens is 2. The van der Waals surface area contributed by atoms with Gasteiger partial charge in [0.25, 0.3) is 0 Å². The fourth-order valence-electron chi connectivity index (χ4n) is 1.29. The molecule has 0 aromatic heterocycles. The maximum atomic E-state index is 10.7. The average molecular weight is 608 g/mol. The van der Waals surface area contributed by atoms with Crippen molar-refractivity contribution in [3.05, 3.63) is 60.0 Å². The maximum absolute atomic E-state index is 10.7. The standard InChI is InChI=1S/2C6H7N2O2S.2ClH.Pt/c2*7-5-1-3-6(4-2-5)11(8,9)10;;;/h2*1-4,7H,(H2,8,9,10);2*1H;/q2*-1;;;+4/p-2. The van der Waals surface area contributed by atoms with Gasteiger partial charge in [-0.2, -0.15) is 0 Å². The van der Waals surface area contributed by atoms with Crippen molar-refractivity contribution in [2.45, 2.75) is 9.79 Å². The van der Waals surface area contributed by atoms with Crippen LogP contribution in [0.1, 0.15) is 0 Å². The summed E-state index contributed by atoms with van der Waals surface area (Å²) in [5.41, 5.74) is 14.6. The molecule has 0 saturated carbocycles. The van der Waals surface area contributed by atoms with Crippen molar-refractivity contribution in [2.75, 3.05) is 0 Å². The van der Waals surface area contributed by atoms with E-state index >= 15 is 0 Å². The van der Waals surface area contributed by atoms with Gasteiger partial charge in [-0.25, -0.2) is 27.1 Å². The SMILES string of the molecule is [Cl][Pt+2][Cl].[NH-]c1ccc(S(N)(=O)=O)cc1.[NH-]c1ccc(S(N)(=O)=O)cc1. The topological polar surface area (TPSA) is 168 Å². The van der Waals surface area contributed by atoms with Gasteiger partial charge >= 0.3 is 35.3 Å². The molecule has 0 unspecified atom stereocenters. The van der Waals surface area contributed by atoms with Gasteiger partial charge in [-0.15, -0.1) is 11.4 Å². The second kappa shape index (κ2) is 11.0. The van der Waals surface area contributed by atoms with Crippen LogP contribution < -0.4 is 10.3 Å². The van der Waals surface area contributed by atoms with Gasteiger partial charge in [-0.3, -0.25) is 0 Å². The summed E-state index contributed by atoms with van der Waals surface area (Å²) in [7, 11) is 2.54. The predicted molar refractivity (Wildman–Crippen MR) is 95.3 cm³/mol. The van der Waals surface area contributed by atoms with Crippen LogP contribution >= 0.6 is 18.8 Å². The minimum atomic E-state index is -3.60. The van der Waals surface area contributed by atoms with Crippen LogP contribution in [0.4, 0.5) is 11.4 Å². The van der Waals surface area contributed by atoms with E-state index in [-0.39, 0.29) is 21.2 Å². The van der Waals surface area contributed by atoms with Gasteiger partial charge < -0.3 is 11.5 Å². The fraction of sp³-hybridized carbons (Fsp3) is 0. The van der Waals surface area contributed by atoms with Crippen molar-refractivity contribution in [3.63, 3.8) is 0 Å². The molecule has 2 rings (SSSR count). The summed E-state index contributed by atoms with van der Waals surface area (Å²) in [6, 6.07) is 10.7. The Bertz CT molecular complexity index is 787. The number of benzene rings is 2. The molecule has 0 amide bonds. The Morgan fingerprint density at radius 3 is 1.04 bits per heavy atom. The van der Waals surface area contributed by atoms with Crippen LogP contribution in [-0.2, 0) is 36.5 Å². The van der Waals surface area contributed by atoms with Gasteiger partial charge in [0.15, 0.2) is 0 Å². The summed E-state index contributed by atoms with van der Waals surface area (Å²) >= 11 is -0.472. The third kappa shape index (κ3) is 10.7. The molecule has 0 radical (unpaired) electrons. The summed E-state index contributed by atoms with van der Waals surface area (Å²) < 4.78 is 42.6. The van der Waals surface area contributed by atoms with E-state index in [1.54, 1.807) is 0 Å². The van der Waals surface area contributed by atoms with E-state index in [9.17, 15) is 16.8 Å². The van der Waals surface area contributed by atoms with Crippen LogP contribution in [0.3, 0.4) is 0 Å². The Labute approximate surface area is 163 Å². The molecule has 0 aliphatic heterocycles. The molecule has 0 heterocycles. The van der Waals surface area contributed by atoms with Gasteiger partial charge in [0.1, 0.15) is 0 Å². The summed E-state index contributed by atoms with van der Waals surface area (Å²) in [6.45, 7) is 0. The van der Waals surface area contributed by atoms with E-state index in [0.29, 0.717) is 0 Å². The Morgan fingerprint density at radius 2 is 0.880 bits per heavy atom. The number of rotatable bonds is 2. The van der Waals surface area contributed by atoms with Crippen LogP contribution in [0, 0.1) is 0 Å². The van der Waals surface area contributed by atoms with E-state index in [1.807, 2.05) is 0 Å². The minimum Gasteiger partial charge on any atom is -0.699 e. The quantitative estimate of drug-likeness (QED) is 0.533. The molecule has 6 N–H and O–H groups in total. The number of nitrogens with two attached hydrogens (primary N) is 2. The zero-order valence-electron chi connectivity index (χ0n) is 12.3. The number of primary sulfonamides is 2. The van der Waals surface area contributed by atoms with Gasteiger partial charge in [0, 0.05) is 0 Å². The van der Waals surface area contributed by atoms with E-state index in [0.717, 1.165) is 0 Å². The Hall–Kier alpha value is -0.872. The summed E-state index contributed by atoms with van der Waals surface area (Å²) in [5.74, 6) is 0. The second-order valence-electron chi connectivity index (χ2n) is 4.18. The first-order valence-electron chi connectivity index (χ1n) is 5.93. The maximum Gasteiger partial charge on any atom is 0.238 e. The van der Waals surface area contributed by atoms with Crippen molar-refractivity contribution >= 4 is 50.3 Å². The summed E-state index contributed by atoms with van der Waals surface area (Å²) in [6.07, 6.45) is 0. The fourth-order valence-corrected chi connectivity index (χ4v) is 2.32. The third-order valence-electron chi connectivity index (χ3n) is 2.37. The van der Waals surface area contributed by atoms with E-state index in [4.69, 9.17) is 40.6 Å². The molecule has 0 spiro atoms. The number of hydrogen-bond donors (Lipinski definition) is 2. The molecule has 0 fully saturated rings. The van der Waals surface area contributed by atoms with E-state index < -0.39 is 36.5 Å². The molecule has 0 saturated heterocycles. The molecule has 2 aromatic rings. The summed E-state index contributed by atoms with van der Waals surface area (Å²) in [5, 5.41) is 9.64. The van der Waals surface area contributed by atoms with Crippen LogP contribution in [0.15, 0.2) is 58.3 Å². The number of nitrogens with one attached hydrogen (secondary N) is 2. The third-order valence-corrected chi connectivity index (χ3v) is 4.22. The first-order valence-corrected chi connectivity index (χ1v) is 14.7. The van der Waals surface area contributed by atoms with Crippen molar-refractivity contribution in [2.24, 2.45) is 10.3 Å². The largest absolute Gasteiger partial charge is 0.699 e. The molecule has 142 valence electrons. The zero-order valence-corrected chi connectivity index (χ0v) is 17.7. The summed E-state index contributed by atoms with van der Waals surface area (Å²) in [4.78, 5) is 0.0713. The zero-order chi connectivity index (χ0) is 19.7. The first-order chi connectivity index (χ1) is 11.4. The smallest absolute Gasteiger partial charge is 0.238 e. The van der Waals surface area contributed by atoms with Crippen molar-refractivity contribution < 1.29 is 33.3 Å². The van der Waals surface area contributed by atoms with Gasteiger partial charge in [0.05, 0.1) is 9.79 Å². The van der Waals surface area contributed by atoms with E-state index in [2.05, 4.69) is 0 Å². The minimum absolute atomic E-state index is 0.0356. The monoisotopic (exact) mass is 607 g/mol. The Morgan fingerprint density at radius 1 is 0.680 bits per heavy atom. The molecular formula is C12H14Cl2N4O4PtS2. The molecule has 0 bridgehead atoms. The first kappa shape index (κ1) is 24.1. The Kier molecular flexibility index (Phi) is 10.6. The van der Waals surface area contributed by atoms with E-state index in [1.165, 1.54) is 48.5 Å². The van der Waals surface area contributed by atoms with Gasteiger partial charge in [-0.1, -0.05) is 24.3 Å². The molecule has 0 aliphatic carbocycles. The molecule has 0 atom stereocenters. The molecule has 0 aliphatic rings. The molecule has 25 heavy (non-hydrogen) atoms.